The van der Waals surface area contributed by atoms with Crippen molar-refractivity contribution in [3.8, 4) is 17.7 Å². The Bertz CT molecular complexity index is 929. The van der Waals surface area contributed by atoms with Crippen molar-refractivity contribution in [1.82, 2.24) is 4.90 Å². The van der Waals surface area contributed by atoms with E-state index >= 15 is 0 Å². The van der Waals surface area contributed by atoms with Crippen molar-refractivity contribution in [2.75, 3.05) is 24.8 Å². The molecule has 0 atom stereocenters. The van der Waals surface area contributed by atoms with Crippen LogP contribution in [-0.4, -0.2) is 36.9 Å². The van der Waals surface area contributed by atoms with Crippen molar-refractivity contribution >= 4 is 17.4 Å². The summed E-state index contributed by atoms with van der Waals surface area (Å²) < 4.78 is 10.9. The third-order valence-electron chi connectivity index (χ3n) is 6.76. The van der Waals surface area contributed by atoms with E-state index in [1.165, 1.54) is 32.1 Å². The number of rotatable bonds is 5. The van der Waals surface area contributed by atoms with Crippen molar-refractivity contribution in [2.45, 2.75) is 66.8 Å². The van der Waals surface area contributed by atoms with E-state index in [1.807, 2.05) is 23.1 Å². The summed E-state index contributed by atoms with van der Waals surface area (Å²) in [6.07, 6.45) is 11.5. The van der Waals surface area contributed by atoms with Gasteiger partial charge in [0, 0.05) is 35.0 Å². The molecule has 0 unspecified atom stereocenters. The maximum absolute atomic E-state index is 9.87. The molecular formula is C25H29N3O2S. The van der Waals surface area contributed by atoms with Gasteiger partial charge in [-0.15, -0.1) is 0 Å². The van der Waals surface area contributed by atoms with Gasteiger partial charge in [-0.3, -0.25) is 4.90 Å². The van der Waals surface area contributed by atoms with Crippen molar-refractivity contribution < 1.29 is 9.47 Å². The highest BCUT2D eigenvalue weighted by atomic mass is 32.2. The second-order valence-electron chi connectivity index (χ2n) is 8.64. The fourth-order valence-corrected chi connectivity index (χ4v) is 5.90. The van der Waals surface area contributed by atoms with Gasteiger partial charge < -0.3 is 14.4 Å². The number of hydrogen-bond acceptors (Lipinski definition) is 6. The predicted molar refractivity (Wildman–Crippen MR) is 123 cm³/mol. The highest BCUT2D eigenvalue weighted by Gasteiger charge is 2.29. The topological polar surface area (TPSA) is 48.7 Å². The molecule has 31 heavy (non-hydrogen) atoms. The van der Waals surface area contributed by atoms with Crippen LogP contribution in [0.25, 0.3) is 0 Å². The zero-order chi connectivity index (χ0) is 21.0. The normalized spacial score (nSPS) is 19.8. The Labute approximate surface area is 188 Å². The van der Waals surface area contributed by atoms with Crippen molar-refractivity contribution in [3.63, 3.8) is 0 Å². The van der Waals surface area contributed by atoms with Crippen LogP contribution < -0.4 is 14.4 Å². The summed E-state index contributed by atoms with van der Waals surface area (Å²) in [4.78, 5) is 6.86. The Balaban J connectivity index is 1.20. The third kappa shape index (κ3) is 4.63. The molecule has 0 radical (unpaired) electrons. The molecule has 0 N–H and O–H groups in total. The summed E-state index contributed by atoms with van der Waals surface area (Å²) in [5.74, 6) is 1.61. The van der Waals surface area contributed by atoms with Gasteiger partial charge in [-0.2, -0.15) is 5.26 Å². The van der Waals surface area contributed by atoms with Gasteiger partial charge in [0.2, 0.25) is 6.79 Å². The van der Waals surface area contributed by atoms with E-state index in [-0.39, 0.29) is 0 Å². The summed E-state index contributed by atoms with van der Waals surface area (Å²) in [6.45, 7) is 2.53. The van der Waals surface area contributed by atoms with Gasteiger partial charge in [0.1, 0.15) is 0 Å². The molecule has 1 saturated heterocycles. The Kier molecular flexibility index (Phi) is 6.24. The van der Waals surface area contributed by atoms with Crippen LogP contribution in [0.3, 0.4) is 0 Å². The average Bonchev–Trinajstić information content (AvgIpc) is 3.30. The fraction of sp³-hybridized carbons (Fsp3) is 0.480. The monoisotopic (exact) mass is 435 g/mol. The largest absolute Gasteiger partial charge is 0.454 e. The molecule has 0 spiro atoms. The lowest BCUT2D eigenvalue weighted by molar-refractivity contribution is 0.123. The summed E-state index contributed by atoms with van der Waals surface area (Å²) in [5, 5.41) is 9.87. The molecule has 1 saturated carbocycles. The quantitative estimate of drug-likeness (QED) is 0.447. The third-order valence-corrected chi connectivity index (χ3v) is 7.76. The van der Waals surface area contributed by atoms with Crippen molar-refractivity contribution in [2.24, 2.45) is 0 Å². The number of piperidine rings is 1. The van der Waals surface area contributed by atoms with Gasteiger partial charge in [-0.1, -0.05) is 31.0 Å². The minimum Gasteiger partial charge on any atom is -0.454 e. The van der Waals surface area contributed by atoms with E-state index in [4.69, 9.17) is 9.47 Å². The maximum Gasteiger partial charge on any atom is 0.231 e. The molecule has 3 aliphatic rings. The van der Waals surface area contributed by atoms with E-state index in [0.717, 1.165) is 59.0 Å². The molecule has 162 valence electrons. The summed E-state index contributed by atoms with van der Waals surface area (Å²) in [6, 6.07) is 15.5. The van der Waals surface area contributed by atoms with E-state index in [2.05, 4.69) is 35.4 Å². The molecule has 2 aromatic carbocycles. The van der Waals surface area contributed by atoms with E-state index in [1.54, 1.807) is 11.8 Å². The Hall–Kier alpha value is -2.36. The van der Waals surface area contributed by atoms with Crippen LogP contribution in [0.2, 0.25) is 0 Å². The van der Waals surface area contributed by atoms with Gasteiger partial charge in [-0.25, -0.2) is 0 Å². The molecule has 2 fully saturated rings. The Morgan fingerprint density at radius 2 is 1.58 bits per heavy atom. The number of fused-ring (bicyclic) bond motifs is 1. The van der Waals surface area contributed by atoms with E-state index in [0.29, 0.717) is 12.8 Å². The van der Waals surface area contributed by atoms with Gasteiger partial charge >= 0.3 is 0 Å². The molecule has 5 nitrogen and oxygen atoms in total. The number of benzene rings is 2. The highest BCUT2D eigenvalue weighted by molar-refractivity contribution is 7.99. The predicted octanol–water partition coefficient (Wildman–Crippen LogP) is 5.65. The number of nitrogens with zero attached hydrogens (tertiary/aromatic N) is 3. The molecule has 0 amide bonds. The average molecular weight is 436 g/mol. The Morgan fingerprint density at radius 1 is 0.871 bits per heavy atom. The number of hydrogen-bond donors (Lipinski definition) is 0. The number of ether oxygens (including phenoxy) is 2. The smallest absolute Gasteiger partial charge is 0.231 e. The highest BCUT2D eigenvalue weighted by Crippen LogP contribution is 2.38. The zero-order valence-corrected chi connectivity index (χ0v) is 18.7. The standard InChI is InChI=1S/C25H29N3O2S/c26-17-28(21-12-14-27(15-13-21)19-4-2-1-3-5-19)20-6-8-22(9-7-20)31-23-10-11-24-25(16-23)30-18-29-24/h6-11,16,19,21H,1-5,12-15,18H2. The van der Waals surface area contributed by atoms with Crippen LogP contribution in [0, 0.1) is 11.5 Å². The zero-order valence-electron chi connectivity index (χ0n) is 17.8. The lowest BCUT2D eigenvalue weighted by atomic mass is 9.92. The second-order valence-corrected chi connectivity index (χ2v) is 9.79. The number of nitriles is 1. The van der Waals surface area contributed by atoms with Crippen LogP contribution in [0.1, 0.15) is 44.9 Å². The number of likely N-dealkylation sites (tertiary alicyclic amines) is 1. The summed E-state index contributed by atoms with van der Waals surface area (Å²) in [5.41, 5.74) is 0.994. The maximum atomic E-state index is 9.87. The van der Waals surface area contributed by atoms with Gasteiger partial charge in [0.25, 0.3) is 0 Å². The molecule has 6 heteroatoms. The molecule has 5 rings (SSSR count). The molecule has 0 bridgehead atoms. The first-order valence-electron chi connectivity index (χ1n) is 11.4. The van der Waals surface area contributed by atoms with Crippen LogP contribution in [0.4, 0.5) is 5.69 Å². The van der Waals surface area contributed by atoms with Gasteiger partial charge in [-0.05, 0) is 68.1 Å². The first-order chi connectivity index (χ1) is 15.3. The van der Waals surface area contributed by atoms with E-state index in [9.17, 15) is 5.26 Å². The summed E-state index contributed by atoms with van der Waals surface area (Å²) >= 11 is 1.69. The molecule has 2 aromatic rings. The van der Waals surface area contributed by atoms with Crippen LogP contribution in [0.5, 0.6) is 11.5 Å². The van der Waals surface area contributed by atoms with Crippen molar-refractivity contribution in [3.05, 3.63) is 42.5 Å². The molecule has 1 aliphatic carbocycles. The minimum absolute atomic E-state index is 0.293. The SMILES string of the molecule is N#CN(c1ccc(Sc2ccc3c(c2)OCO3)cc1)C1CCN(C2CCCCC2)CC1. The molecule has 0 aromatic heterocycles. The number of anilines is 1. The first-order valence-corrected chi connectivity index (χ1v) is 12.2. The van der Waals surface area contributed by atoms with Gasteiger partial charge in [0.15, 0.2) is 17.7 Å². The minimum atomic E-state index is 0.293. The van der Waals surface area contributed by atoms with E-state index < -0.39 is 0 Å². The Morgan fingerprint density at radius 3 is 2.32 bits per heavy atom. The van der Waals surface area contributed by atoms with Crippen LogP contribution in [0.15, 0.2) is 52.3 Å². The van der Waals surface area contributed by atoms with Crippen LogP contribution in [-0.2, 0) is 0 Å². The second kappa shape index (κ2) is 9.42. The van der Waals surface area contributed by atoms with Crippen molar-refractivity contribution in [1.29, 1.82) is 5.26 Å². The fourth-order valence-electron chi connectivity index (χ4n) is 5.06. The van der Waals surface area contributed by atoms with Gasteiger partial charge in [0.05, 0.1) is 5.69 Å². The molecular weight excluding hydrogens is 406 g/mol. The van der Waals surface area contributed by atoms with Crippen LogP contribution >= 0.6 is 11.8 Å². The summed E-state index contributed by atoms with van der Waals surface area (Å²) in [7, 11) is 0. The molecule has 2 heterocycles. The lowest BCUT2D eigenvalue weighted by Gasteiger charge is -2.41. The molecule has 2 aliphatic heterocycles. The lowest BCUT2D eigenvalue weighted by Crippen LogP contribution is -2.47. The first kappa shape index (κ1) is 20.5.